The van der Waals surface area contributed by atoms with Crippen molar-refractivity contribution in [3.8, 4) is 0 Å². The van der Waals surface area contributed by atoms with Crippen molar-refractivity contribution >= 4 is 0 Å². The summed E-state index contributed by atoms with van der Waals surface area (Å²) in [6.07, 6.45) is 9.18. The van der Waals surface area contributed by atoms with Gasteiger partial charge in [0.2, 0.25) is 0 Å². The van der Waals surface area contributed by atoms with Gasteiger partial charge in [0, 0.05) is 32.7 Å². The van der Waals surface area contributed by atoms with E-state index in [9.17, 15) is 4.39 Å². The van der Waals surface area contributed by atoms with Crippen LogP contribution in [0.5, 0.6) is 0 Å². The summed E-state index contributed by atoms with van der Waals surface area (Å²) in [5, 5.41) is 0. The van der Waals surface area contributed by atoms with Gasteiger partial charge in [0.1, 0.15) is 0 Å². The minimum atomic E-state index is 0. The molecule has 0 atom stereocenters. The molecule has 1 aliphatic carbocycles. The maximum atomic E-state index is 9.50. The molecule has 2 aromatic carbocycles. The maximum Gasteiger partial charge on any atom is 0.0785 e. The summed E-state index contributed by atoms with van der Waals surface area (Å²) in [5.74, 6) is 0.937. The number of benzene rings is 2. The molecule has 0 spiro atoms. The van der Waals surface area contributed by atoms with Gasteiger partial charge in [0.15, 0.2) is 0 Å². The van der Waals surface area contributed by atoms with E-state index < -0.39 is 0 Å². The van der Waals surface area contributed by atoms with Crippen molar-refractivity contribution < 1.29 is 37.1 Å². The third-order valence-corrected chi connectivity index (χ3v) is 3.53. The van der Waals surface area contributed by atoms with E-state index in [1.165, 1.54) is 37.7 Å². The second-order valence-corrected chi connectivity index (χ2v) is 5.08. The summed E-state index contributed by atoms with van der Waals surface area (Å²) >= 11 is 0. The van der Waals surface area contributed by atoms with Gasteiger partial charge in [-0.1, -0.05) is 70.9 Å². The van der Waals surface area contributed by atoms with E-state index in [4.69, 9.17) is 0 Å². The van der Waals surface area contributed by atoms with E-state index in [-0.39, 0.29) is 32.7 Å². The van der Waals surface area contributed by atoms with Crippen molar-refractivity contribution in [3.63, 3.8) is 0 Å². The van der Waals surface area contributed by atoms with Crippen LogP contribution < -0.4 is 0 Å². The van der Waals surface area contributed by atoms with Gasteiger partial charge in [0.25, 0.3) is 0 Å². The molecule has 0 heterocycles. The molecule has 2 aromatic rings. The predicted octanol–water partition coefficient (Wildman–Crippen LogP) is 7.75. The molecule has 1 aliphatic rings. The molecule has 0 aromatic heterocycles. The number of hydrogen-bond donors (Lipinski definition) is 0. The first-order valence-corrected chi connectivity index (χ1v) is 9.59. The van der Waals surface area contributed by atoms with E-state index in [0.29, 0.717) is 7.18 Å². The SMILES string of the molecule is CC.CC.CF.[Y].[c-]1ccccc1.c1ccc(CC2CC[CH-]CC2)cc1. The molecule has 0 nitrogen and oxygen atoms in total. The normalized spacial score (nSPS) is 11.9. The van der Waals surface area contributed by atoms with Gasteiger partial charge in [0.05, 0.1) is 7.18 Å². The first kappa shape index (κ1) is 30.2. The van der Waals surface area contributed by atoms with Crippen LogP contribution in [0.4, 0.5) is 4.39 Å². The average molecular weight is 433 g/mol. The zero-order valence-electron chi connectivity index (χ0n) is 17.4. The summed E-state index contributed by atoms with van der Waals surface area (Å²) in [4.78, 5) is 0. The van der Waals surface area contributed by atoms with Crippen molar-refractivity contribution in [2.24, 2.45) is 5.92 Å². The van der Waals surface area contributed by atoms with E-state index in [1.807, 2.05) is 58.0 Å². The molecular weight excluding hydrogens is 396 g/mol. The van der Waals surface area contributed by atoms with Crippen molar-refractivity contribution in [1.29, 1.82) is 0 Å². The number of halogens is 1. The molecular formula is C24H37FY-2. The molecule has 0 bridgehead atoms. The Morgan fingerprint density at radius 2 is 1.31 bits per heavy atom. The van der Waals surface area contributed by atoms with Crippen molar-refractivity contribution in [2.75, 3.05) is 7.18 Å². The third-order valence-electron chi connectivity index (χ3n) is 3.53. The van der Waals surface area contributed by atoms with Gasteiger partial charge in [-0.15, -0.1) is 0 Å². The van der Waals surface area contributed by atoms with E-state index in [1.54, 1.807) is 0 Å². The van der Waals surface area contributed by atoms with Crippen LogP contribution in [0.1, 0.15) is 58.9 Å². The largest absolute Gasteiger partial charge is 0.328 e. The van der Waals surface area contributed by atoms with E-state index in [0.717, 1.165) is 5.92 Å². The van der Waals surface area contributed by atoms with Crippen LogP contribution in [0.25, 0.3) is 0 Å². The Labute approximate surface area is 187 Å². The Morgan fingerprint density at radius 3 is 1.69 bits per heavy atom. The second-order valence-electron chi connectivity index (χ2n) is 5.08. The van der Waals surface area contributed by atoms with E-state index >= 15 is 0 Å². The topological polar surface area (TPSA) is 0 Å². The van der Waals surface area contributed by atoms with Crippen LogP contribution in [-0.4, -0.2) is 7.18 Å². The minimum absolute atomic E-state index is 0. The zero-order valence-corrected chi connectivity index (χ0v) is 20.3. The predicted molar refractivity (Wildman–Crippen MR) is 111 cm³/mol. The van der Waals surface area contributed by atoms with Crippen molar-refractivity contribution in [3.05, 3.63) is 78.7 Å². The molecule has 26 heavy (non-hydrogen) atoms. The second kappa shape index (κ2) is 26.7. The van der Waals surface area contributed by atoms with Crippen LogP contribution in [0.2, 0.25) is 0 Å². The summed E-state index contributed by atoms with van der Waals surface area (Å²) < 4.78 is 9.50. The number of rotatable bonds is 2. The average Bonchev–Trinajstić information content (AvgIpc) is 2.76. The molecule has 1 radical (unpaired) electrons. The van der Waals surface area contributed by atoms with Gasteiger partial charge in [-0.05, 0) is 17.9 Å². The van der Waals surface area contributed by atoms with Gasteiger partial charge < -0.3 is 6.42 Å². The summed E-state index contributed by atoms with van der Waals surface area (Å²) in [6, 6.07) is 23.4. The third kappa shape index (κ3) is 18.3. The molecule has 0 aliphatic heterocycles. The molecule has 0 saturated heterocycles. The molecule has 3 rings (SSSR count). The first-order chi connectivity index (χ1) is 12.4. The van der Waals surface area contributed by atoms with Crippen LogP contribution in [0.3, 0.4) is 0 Å². The Balaban J connectivity index is -0.000000345. The van der Waals surface area contributed by atoms with Crippen LogP contribution in [0.15, 0.2) is 60.7 Å². The summed E-state index contributed by atoms with van der Waals surface area (Å²) in [7, 11) is 0.500. The molecule has 0 amide bonds. The van der Waals surface area contributed by atoms with Crippen molar-refractivity contribution in [1.82, 2.24) is 0 Å². The van der Waals surface area contributed by atoms with Gasteiger partial charge >= 0.3 is 0 Å². The Bertz CT molecular complexity index is 398. The monoisotopic (exact) mass is 433 g/mol. The molecule has 0 unspecified atom stereocenters. The van der Waals surface area contributed by atoms with Crippen LogP contribution in [0, 0.1) is 18.4 Å². The molecule has 0 N–H and O–H groups in total. The van der Waals surface area contributed by atoms with Crippen LogP contribution >= 0.6 is 0 Å². The fourth-order valence-electron chi connectivity index (χ4n) is 2.49. The van der Waals surface area contributed by atoms with E-state index in [2.05, 4.69) is 42.8 Å². The Morgan fingerprint density at radius 1 is 0.846 bits per heavy atom. The first-order valence-electron chi connectivity index (χ1n) is 9.59. The zero-order chi connectivity index (χ0) is 19.2. The summed E-state index contributed by atoms with van der Waals surface area (Å²) in [6.45, 7) is 8.00. The standard InChI is InChI=1S/C13H17.C6H5.2C2H6.CH3F.Y/c1-3-7-12(8-4-1)11-13-9-5-2-6-10-13;1-2-4-6-5-3-1;3*1-2;/h1-4,7-8,13H,5-6,9-11H2;1-5H;2*1-2H3;1H3;/q2*-1;;;;. The Kier molecular flexibility index (Phi) is 31.0. The van der Waals surface area contributed by atoms with Gasteiger partial charge in [-0.2, -0.15) is 49.2 Å². The number of alkyl halides is 1. The fraction of sp³-hybridized carbons (Fsp3) is 0.458. The maximum absolute atomic E-state index is 9.50. The Hall–Kier alpha value is -0.526. The molecule has 145 valence electrons. The minimum Gasteiger partial charge on any atom is -0.328 e. The van der Waals surface area contributed by atoms with Crippen molar-refractivity contribution in [2.45, 2.75) is 59.8 Å². The smallest absolute Gasteiger partial charge is 0.0785 e. The van der Waals surface area contributed by atoms with Gasteiger partial charge in [-0.25, -0.2) is 0 Å². The quantitative estimate of drug-likeness (QED) is 0.425. The van der Waals surface area contributed by atoms with Gasteiger partial charge in [-0.3, -0.25) is 4.39 Å². The van der Waals surface area contributed by atoms with Crippen LogP contribution in [-0.2, 0) is 39.1 Å². The molecule has 1 saturated carbocycles. The molecule has 1 fully saturated rings. The summed E-state index contributed by atoms with van der Waals surface area (Å²) in [5.41, 5.74) is 1.51. The number of hydrogen-bond acceptors (Lipinski definition) is 0. The fourth-order valence-corrected chi connectivity index (χ4v) is 2.49. The molecule has 2 heteroatoms.